The summed E-state index contributed by atoms with van der Waals surface area (Å²) in [6.07, 6.45) is 2.25. The van der Waals surface area contributed by atoms with Crippen LogP contribution in [0, 0.1) is 5.82 Å². The molecule has 0 saturated heterocycles. The minimum atomic E-state index is -0.303. The lowest BCUT2D eigenvalue weighted by molar-refractivity contribution is -0.120. The summed E-state index contributed by atoms with van der Waals surface area (Å²) in [6.45, 7) is 0.547. The van der Waals surface area contributed by atoms with Gasteiger partial charge < -0.3 is 10.6 Å². The number of carbonyl (C=O) groups is 2. The first-order chi connectivity index (χ1) is 11.6. The van der Waals surface area contributed by atoms with E-state index in [0.29, 0.717) is 13.0 Å². The van der Waals surface area contributed by atoms with E-state index in [1.54, 1.807) is 12.1 Å². The van der Waals surface area contributed by atoms with Gasteiger partial charge in [-0.1, -0.05) is 24.3 Å². The normalized spacial score (nSPS) is 13.1. The van der Waals surface area contributed by atoms with Gasteiger partial charge in [-0.2, -0.15) is 0 Å². The molecule has 2 N–H and O–H groups in total. The average Bonchev–Trinajstić information content (AvgIpc) is 2.57. The number of hydrogen-bond donors (Lipinski definition) is 2. The van der Waals surface area contributed by atoms with Gasteiger partial charge in [-0.05, 0) is 47.7 Å². The van der Waals surface area contributed by atoms with Gasteiger partial charge in [-0.15, -0.1) is 0 Å². The molecular formula is C19H19FN2O2. The SMILES string of the molecule is O=C(Cc1ccc(F)cc1)NCCc1ccc2c(c1)CCC(=O)N2. The number of fused-ring (bicyclic) bond motifs is 1. The molecule has 2 amide bonds. The number of anilines is 1. The Hall–Kier alpha value is -2.69. The van der Waals surface area contributed by atoms with E-state index in [0.717, 1.165) is 35.2 Å². The maximum absolute atomic E-state index is 12.8. The van der Waals surface area contributed by atoms with Gasteiger partial charge >= 0.3 is 0 Å². The Bertz CT molecular complexity index is 756. The van der Waals surface area contributed by atoms with Crippen molar-refractivity contribution in [2.75, 3.05) is 11.9 Å². The summed E-state index contributed by atoms with van der Waals surface area (Å²) in [7, 11) is 0. The third-order valence-corrected chi connectivity index (χ3v) is 4.08. The third-order valence-electron chi connectivity index (χ3n) is 4.08. The highest BCUT2D eigenvalue weighted by Crippen LogP contribution is 2.23. The third kappa shape index (κ3) is 4.19. The van der Waals surface area contributed by atoms with Crippen molar-refractivity contribution in [1.29, 1.82) is 0 Å². The van der Waals surface area contributed by atoms with Crippen molar-refractivity contribution >= 4 is 17.5 Å². The molecule has 0 unspecified atom stereocenters. The van der Waals surface area contributed by atoms with Crippen molar-refractivity contribution in [3.63, 3.8) is 0 Å². The quantitative estimate of drug-likeness (QED) is 0.887. The topological polar surface area (TPSA) is 58.2 Å². The van der Waals surface area contributed by atoms with Gasteiger partial charge in [-0.3, -0.25) is 9.59 Å². The fourth-order valence-electron chi connectivity index (χ4n) is 2.79. The van der Waals surface area contributed by atoms with Crippen molar-refractivity contribution in [2.24, 2.45) is 0 Å². The Morgan fingerprint density at radius 1 is 1.08 bits per heavy atom. The molecule has 2 aromatic carbocycles. The zero-order valence-electron chi connectivity index (χ0n) is 13.3. The van der Waals surface area contributed by atoms with Gasteiger partial charge in [0, 0.05) is 18.7 Å². The number of benzene rings is 2. The zero-order valence-corrected chi connectivity index (χ0v) is 13.3. The maximum Gasteiger partial charge on any atom is 0.224 e. The molecular weight excluding hydrogens is 307 g/mol. The monoisotopic (exact) mass is 326 g/mol. The summed E-state index contributed by atoms with van der Waals surface area (Å²) in [5.74, 6) is -0.321. The van der Waals surface area contributed by atoms with Crippen LogP contribution in [0.4, 0.5) is 10.1 Å². The summed E-state index contributed by atoms with van der Waals surface area (Å²) in [5.41, 5.74) is 3.95. The molecule has 0 aliphatic carbocycles. The van der Waals surface area contributed by atoms with E-state index < -0.39 is 0 Å². The molecule has 24 heavy (non-hydrogen) atoms. The molecule has 0 aromatic heterocycles. The molecule has 0 spiro atoms. The zero-order chi connectivity index (χ0) is 16.9. The Labute approximate surface area is 140 Å². The second kappa shape index (κ2) is 7.25. The van der Waals surface area contributed by atoms with Crippen LogP contribution in [-0.4, -0.2) is 18.4 Å². The molecule has 3 rings (SSSR count). The smallest absolute Gasteiger partial charge is 0.224 e. The molecule has 0 bridgehead atoms. The second-order valence-electron chi connectivity index (χ2n) is 5.94. The van der Waals surface area contributed by atoms with Crippen LogP contribution in [0.15, 0.2) is 42.5 Å². The van der Waals surface area contributed by atoms with Crippen molar-refractivity contribution in [2.45, 2.75) is 25.7 Å². The van der Waals surface area contributed by atoms with Crippen LogP contribution in [0.3, 0.4) is 0 Å². The van der Waals surface area contributed by atoms with E-state index in [-0.39, 0.29) is 24.1 Å². The van der Waals surface area contributed by atoms with Crippen LogP contribution < -0.4 is 10.6 Å². The van der Waals surface area contributed by atoms with E-state index >= 15 is 0 Å². The van der Waals surface area contributed by atoms with Crippen molar-refractivity contribution in [3.05, 3.63) is 65.0 Å². The van der Waals surface area contributed by atoms with Gasteiger partial charge in [0.25, 0.3) is 0 Å². The highest BCUT2D eigenvalue weighted by atomic mass is 19.1. The summed E-state index contributed by atoms with van der Waals surface area (Å²) in [6, 6.07) is 11.9. The standard InChI is InChI=1S/C19H19FN2O2/c20-16-5-1-13(2-6-16)12-19(24)21-10-9-14-3-7-17-15(11-14)4-8-18(23)22-17/h1-3,5-7,11H,4,8-10,12H2,(H,21,24)(H,22,23). The molecule has 2 aromatic rings. The highest BCUT2D eigenvalue weighted by Gasteiger charge is 2.14. The van der Waals surface area contributed by atoms with Crippen LogP contribution in [0.1, 0.15) is 23.1 Å². The summed E-state index contributed by atoms with van der Waals surface area (Å²) < 4.78 is 12.8. The lowest BCUT2D eigenvalue weighted by Crippen LogP contribution is -2.27. The second-order valence-corrected chi connectivity index (χ2v) is 5.94. The van der Waals surface area contributed by atoms with Crippen LogP contribution >= 0.6 is 0 Å². The van der Waals surface area contributed by atoms with E-state index in [1.807, 2.05) is 12.1 Å². The summed E-state index contributed by atoms with van der Waals surface area (Å²) >= 11 is 0. The predicted molar refractivity (Wildman–Crippen MR) is 90.2 cm³/mol. The average molecular weight is 326 g/mol. The van der Waals surface area contributed by atoms with Gasteiger partial charge in [0.1, 0.15) is 5.82 Å². The largest absolute Gasteiger partial charge is 0.355 e. The molecule has 124 valence electrons. The van der Waals surface area contributed by atoms with Crippen molar-refractivity contribution in [1.82, 2.24) is 5.32 Å². The first-order valence-corrected chi connectivity index (χ1v) is 8.03. The summed E-state index contributed by atoms with van der Waals surface area (Å²) in [4.78, 5) is 23.3. The maximum atomic E-state index is 12.8. The highest BCUT2D eigenvalue weighted by molar-refractivity contribution is 5.93. The Morgan fingerprint density at radius 3 is 2.62 bits per heavy atom. The fraction of sp³-hybridized carbons (Fsp3) is 0.263. The Kier molecular flexibility index (Phi) is 4.89. The molecule has 1 heterocycles. The van der Waals surface area contributed by atoms with Gasteiger partial charge in [-0.25, -0.2) is 4.39 Å². The predicted octanol–water partition coefficient (Wildman–Crippen LogP) is 2.61. The van der Waals surface area contributed by atoms with E-state index in [4.69, 9.17) is 0 Å². The number of nitrogens with one attached hydrogen (secondary N) is 2. The van der Waals surface area contributed by atoms with Crippen LogP contribution in [0.25, 0.3) is 0 Å². The minimum absolute atomic E-state index is 0.0586. The van der Waals surface area contributed by atoms with E-state index in [2.05, 4.69) is 16.7 Å². The molecule has 0 fully saturated rings. The summed E-state index contributed by atoms with van der Waals surface area (Å²) in [5, 5.41) is 5.74. The minimum Gasteiger partial charge on any atom is -0.355 e. The number of halogens is 1. The van der Waals surface area contributed by atoms with Crippen LogP contribution in [-0.2, 0) is 28.9 Å². The molecule has 5 heteroatoms. The molecule has 4 nitrogen and oxygen atoms in total. The Balaban J connectivity index is 1.48. The number of amides is 2. The van der Waals surface area contributed by atoms with Gasteiger partial charge in [0.15, 0.2) is 0 Å². The van der Waals surface area contributed by atoms with Crippen molar-refractivity contribution in [3.8, 4) is 0 Å². The molecule has 1 aliphatic heterocycles. The molecule has 0 saturated carbocycles. The number of rotatable bonds is 5. The first kappa shape index (κ1) is 16.2. The lowest BCUT2D eigenvalue weighted by atomic mass is 9.99. The molecule has 1 aliphatic rings. The molecule has 0 atom stereocenters. The Morgan fingerprint density at radius 2 is 1.83 bits per heavy atom. The first-order valence-electron chi connectivity index (χ1n) is 8.03. The van der Waals surface area contributed by atoms with Crippen LogP contribution in [0.2, 0.25) is 0 Å². The van der Waals surface area contributed by atoms with E-state index in [1.165, 1.54) is 12.1 Å². The van der Waals surface area contributed by atoms with Gasteiger partial charge in [0.05, 0.1) is 6.42 Å². The van der Waals surface area contributed by atoms with E-state index in [9.17, 15) is 14.0 Å². The number of aryl methyl sites for hydroxylation is 1. The number of hydrogen-bond acceptors (Lipinski definition) is 2. The molecule has 0 radical (unpaired) electrons. The van der Waals surface area contributed by atoms with Crippen molar-refractivity contribution < 1.29 is 14.0 Å². The lowest BCUT2D eigenvalue weighted by Gasteiger charge is -2.17. The van der Waals surface area contributed by atoms with Crippen LogP contribution in [0.5, 0.6) is 0 Å². The number of carbonyl (C=O) groups excluding carboxylic acids is 2. The van der Waals surface area contributed by atoms with Gasteiger partial charge in [0.2, 0.25) is 11.8 Å². The fourth-order valence-corrected chi connectivity index (χ4v) is 2.79.